The number of rotatable bonds is 6. The molecule has 5 heteroatoms. The van der Waals surface area contributed by atoms with E-state index in [1.165, 1.54) is 0 Å². The Bertz CT molecular complexity index is 439. The molecule has 0 bridgehead atoms. The number of methoxy groups -OCH3 is 1. The molecule has 18 heavy (non-hydrogen) atoms. The van der Waals surface area contributed by atoms with Gasteiger partial charge in [-0.1, -0.05) is 13.8 Å². The molecule has 1 N–H and O–H groups in total. The van der Waals surface area contributed by atoms with E-state index in [0.29, 0.717) is 17.9 Å². The van der Waals surface area contributed by atoms with Gasteiger partial charge in [-0.3, -0.25) is 0 Å². The number of nitrogens with zero attached hydrogens (tertiary/aromatic N) is 3. The molecule has 0 amide bonds. The smallest absolute Gasteiger partial charge is 0.167 e. The molecular weight excluding hydrogens is 228 g/mol. The standard InChI is InChI=1S/C13H20N4O/c1-5-10-11(7-14)13(15-8-9(3)18-4)17-16-12(10)6-2/h9H,5-6,8H2,1-4H3,(H,15,17). The van der Waals surface area contributed by atoms with Crippen LogP contribution in [0.4, 0.5) is 5.82 Å². The van der Waals surface area contributed by atoms with Gasteiger partial charge in [0.15, 0.2) is 5.82 Å². The third-order valence-electron chi connectivity index (χ3n) is 2.92. The number of aryl methyl sites for hydroxylation is 1. The Labute approximate surface area is 108 Å². The SMILES string of the molecule is CCc1nnc(NCC(C)OC)c(C#N)c1CC. The second-order valence-electron chi connectivity index (χ2n) is 4.09. The molecule has 1 rings (SSSR count). The Kier molecular flexibility index (Phi) is 5.53. The fraction of sp³-hybridized carbons (Fsp3) is 0.615. The molecule has 5 nitrogen and oxygen atoms in total. The second kappa shape index (κ2) is 6.92. The summed E-state index contributed by atoms with van der Waals surface area (Å²) in [5.41, 5.74) is 2.50. The molecule has 0 aliphatic carbocycles. The van der Waals surface area contributed by atoms with Crippen LogP contribution in [0.3, 0.4) is 0 Å². The van der Waals surface area contributed by atoms with Gasteiger partial charge in [-0.25, -0.2) is 0 Å². The molecule has 1 aromatic heterocycles. The molecule has 0 radical (unpaired) electrons. The van der Waals surface area contributed by atoms with Crippen molar-refractivity contribution < 1.29 is 4.74 Å². The van der Waals surface area contributed by atoms with Gasteiger partial charge in [0.2, 0.25) is 0 Å². The van der Waals surface area contributed by atoms with Gasteiger partial charge in [0.1, 0.15) is 11.6 Å². The first-order valence-corrected chi connectivity index (χ1v) is 6.23. The van der Waals surface area contributed by atoms with Crippen molar-refractivity contribution in [3.8, 4) is 6.07 Å². The summed E-state index contributed by atoms with van der Waals surface area (Å²) in [7, 11) is 1.65. The van der Waals surface area contributed by atoms with E-state index in [1.807, 2.05) is 20.8 Å². The highest BCUT2D eigenvalue weighted by Crippen LogP contribution is 2.19. The summed E-state index contributed by atoms with van der Waals surface area (Å²) in [6, 6.07) is 2.23. The molecule has 0 spiro atoms. The summed E-state index contributed by atoms with van der Waals surface area (Å²) in [6.07, 6.45) is 1.64. The number of nitriles is 1. The summed E-state index contributed by atoms with van der Waals surface area (Å²) in [5.74, 6) is 0.551. The first-order valence-electron chi connectivity index (χ1n) is 6.23. The number of hydrogen-bond acceptors (Lipinski definition) is 5. The van der Waals surface area contributed by atoms with Crippen molar-refractivity contribution in [3.63, 3.8) is 0 Å². The van der Waals surface area contributed by atoms with E-state index in [9.17, 15) is 5.26 Å². The van der Waals surface area contributed by atoms with Gasteiger partial charge in [0.25, 0.3) is 0 Å². The number of ether oxygens (including phenoxy) is 1. The fourth-order valence-electron chi connectivity index (χ4n) is 1.74. The highest BCUT2D eigenvalue weighted by molar-refractivity contribution is 5.56. The van der Waals surface area contributed by atoms with Gasteiger partial charge in [0.05, 0.1) is 11.8 Å². The number of hydrogen-bond donors (Lipinski definition) is 1. The molecular formula is C13H20N4O. The van der Waals surface area contributed by atoms with Crippen LogP contribution in [0.5, 0.6) is 0 Å². The van der Waals surface area contributed by atoms with Crippen LogP contribution in [0.2, 0.25) is 0 Å². The molecule has 1 aromatic rings. The zero-order valence-electron chi connectivity index (χ0n) is 11.4. The normalized spacial score (nSPS) is 11.9. The van der Waals surface area contributed by atoms with Crippen molar-refractivity contribution in [1.82, 2.24) is 10.2 Å². The van der Waals surface area contributed by atoms with E-state index in [2.05, 4.69) is 21.6 Å². The van der Waals surface area contributed by atoms with E-state index in [1.54, 1.807) is 7.11 Å². The van der Waals surface area contributed by atoms with Crippen molar-refractivity contribution in [2.75, 3.05) is 19.0 Å². The van der Waals surface area contributed by atoms with Gasteiger partial charge in [-0.05, 0) is 25.3 Å². The molecule has 0 saturated carbocycles. The lowest BCUT2D eigenvalue weighted by atomic mass is 10.0. The topological polar surface area (TPSA) is 70.8 Å². The second-order valence-corrected chi connectivity index (χ2v) is 4.09. The minimum Gasteiger partial charge on any atom is -0.380 e. The van der Waals surface area contributed by atoms with E-state index in [0.717, 1.165) is 24.1 Å². The first-order chi connectivity index (χ1) is 8.67. The maximum Gasteiger partial charge on any atom is 0.167 e. The molecule has 1 unspecified atom stereocenters. The molecule has 1 atom stereocenters. The summed E-state index contributed by atoms with van der Waals surface area (Å²) in [5, 5.41) is 20.7. The van der Waals surface area contributed by atoms with Crippen molar-refractivity contribution in [2.45, 2.75) is 39.7 Å². The Morgan fingerprint density at radius 1 is 1.33 bits per heavy atom. The summed E-state index contributed by atoms with van der Waals surface area (Å²) >= 11 is 0. The van der Waals surface area contributed by atoms with Crippen LogP contribution in [-0.2, 0) is 17.6 Å². The van der Waals surface area contributed by atoms with E-state index in [-0.39, 0.29) is 6.10 Å². The molecule has 0 aromatic carbocycles. The molecule has 98 valence electrons. The van der Waals surface area contributed by atoms with Gasteiger partial charge in [-0.15, -0.1) is 5.10 Å². The average Bonchev–Trinajstić information content (AvgIpc) is 2.43. The molecule has 0 aliphatic heterocycles. The quantitative estimate of drug-likeness (QED) is 0.832. The van der Waals surface area contributed by atoms with Crippen LogP contribution < -0.4 is 5.32 Å². The maximum atomic E-state index is 9.28. The van der Waals surface area contributed by atoms with Crippen molar-refractivity contribution >= 4 is 5.82 Å². The lowest BCUT2D eigenvalue weighted by Crippen LogP contribution is -2.20. The van der Waals surface area contributed by atoms with Crippen LogP contribution in [-0.4, -0.2) is 30.0 Å². The molecule has 0 aliphatic rings. The van der Waals surface area contributed by atoms with Crippen molar-refractivity contribution in [3.05, 3.63) is 16.8 Å². The van der Waals surface area contributed by atoms with E-state index in [4.69, 9.17) is 4.74 Å². The van der Waals surface area contributed by atoms with Gasteiger partial charge in [0, 0.05) is 13.7 Å². The van der Waals surface area contributed by atoms with Crippen LogP contribution in [0.25, 0.3) is 0 Å². The van der Waals surface area contributed by atoms with Crippen LogP contribution in [0.1, 0.15) is 37.6 Å². The maximum absolute atomic E-state index is 9.28. The number of nitrogens with one attached hydrogen (secondary N) is 1. The minimum absolute atomic E-state index is 0.0641. The molecule has 0 saturated heterocycles. The van der Waals surface area contributed by atoms with Gasteiger partial charge < -0.3 is 10.1 Å². The van der Waals surface area contributed by atoms with Crippen LogP contribution in [0.15, 0.2) is 0 Å². The Morgan fingerprint density at radius 2 is 2.06 bits per heavy atom. The first kappa shape index (κ1) is 14.4. The zero-order valence-corrected chi connectivity index (χ0v) is 11.4. The van der Waals surface area contributed by atoms with Gasteiger partial charge in [-0.2, -0.15) is 10.4 Å². The van der Waals surface area contributed by atoms with Crippen molar-refractivity contribution in [1.29, 1.82) is 5.26 Å². The zero-order chi connectivity index (χ0) is 13.5. The lowest BCUT2D eigenvalue weighted by molar-refractivity contribution is 0.128. The molecule has 0 fully saturated rings. The Balaban J connectivity index is 3.02. The lowest BCUT2D eigenvalue weighted by Gasteiger charge is -2.14. The van der Waals surface area contributed by atoms with Gasteiger partial charge >= 0.3 is 0 Å². The highest BCUT2D eigenvalue weighted by Gasteiger charge is 2.14. The van der Waals surface area contributed by atoms with E-state index < -0.39 is 0 Å². The fourth-order valence-corrected chi connectivity index (χ4v) is 1.74. The number of aromatic nitrogens is 2. The highest BCUT2D eigenvalue weighted by atomic mass is 16.5. The number of anilines is 1. The van der Waals surface area contributed by atoms with Crippen molar-refractivity contribution in [2.24, 2.45) is 0 Å². The van der Waals surface area contributed by atoms with E-state index >= 15 is 0 Å². The third kappa shape index (κ3) is 3.17. The summed E-state index contributed by atoms with van der Waals surface area (Å²) in [6.45, 7) is 6.60. The largest absolute Gasteiger partial charge is 0.380 e. The predicted octanol–water partition coefficient (Wildman–Crippen LogP) is 1.92. The van der Waals surface area contributed by atoms with Crippen LogP contribution >= 0.6 is 0 Å². The summed E-state index contributed by atoms with van der Waals surface area (Å²) in [4.78, 5) is 0. The van der Waals surface area contributed by atoms with Crippen LogP contribution in [0, 0.1) is 11.3 Å². The summed E-state index contributed by atoms with van der Waals surface area (Å²) < 4.78 is 5.15. The Hall–Kier alpha value is -1.67. The Morgan fingerprint density at radius 3 is 2.56 bits per heavy atom. The monoisotopic (exact) mass is 248 g/mol. The third-order valence-corrected chi connectivity index (χ3v) is 2.92. The minimum atomic E-state index is 0.0641. The average molecular weight is 248 g/mol. The predicted molar refractivity (Wildman–Crippen MR) is 70.5 cm³/mol. The molecule has 1 heterocycles.